The zero-order valence-electron chi connectivity index (χ0n) is 14.7. The van der Waals surface area contributed by atoms with Crippen LogP contribution in [0.4, 0.5) is 0 Å². The van der Waals surface area contributed by atoms with E-state index in [9.17, 15) is 4.79 Å². The Kier molecular flexibility index (Phi) is 6.16. The van der Waals surface area contributed by atoms with E-state index in [0.29, 0.717) is 26.2 Å². The highest BCUT2D eigenvalue weighted by Gasteiger charge is 2.29. The lowest BCUT2D eigenvalue weighted by atomic mass is 9.84. The molecule has 1 amide bonds. The van der Waals surface area contributed by atoms with Crippen molar-refractivity contribution in [3.8, 4) is 0 Å². The number of halogens is 1. The lowest BCUT2D eigenvalue weighted by molar-refractivity contribution is -0.139. The Bertz CT molecular complexity index is 709. The predicted molar refractivity (Wildman–Crippen MR) is 99.6 cm³/mol. The summed E-state index contributed by atoms with van der Waals surface area (Å²) in [5, 5.41) is 0.768. The molecule has 1 aromatic carbocycles. The highest BCUT2D eigenvalue weighted by Crippen LogP contribution is 2.29. The Morgan fingerprint density at radius 1 is 1.28 bits per heavy atom. The molecule has 1 aliphatic rings. The van der Waals surface area contributed by atoms with Crippen LogP contribution in [0.25, 0.3) is 0 Å². The first-order chi connectivity index (χ1) is 12.2. The molecule has 1 fully saturated rings. The Hall–Kier alpha value is -1.78. The number of amides is 1. The molecule has 2 aromatic rings. The number of nitrogens with zero attached hydrogens (tertiary/aromatic N) is 2. The quantitative estimate of drug-likeness (QED) is 0.714. The normalized spacial score (nSPS) is 14.3. The smallest absolute Gasteiger partial charge is 0.226 e. The van der Waals surface area contributed by atoms with Gasteiger partial charge >= 0.3 is 0 Å². The van der Waals surface area contributed by atoms with Crippen molar-refractivity contribution in [1.82, 2.24) is 9.47 Å². The van der Waals surface area contributed by atoms with Crippen LogP contribution in [0, 0.1) is 5.92 Å². The van der Waals surface area contributed by atoms with Gasteiger partial charge in [-0.2, -0.15) is 0 Å². The molecule has 1 heterocycles. The zero-order valence-corrected chi connectivity index (χ0v) is 15.4. The number of ether oxygens (including phenoxy) is 1. The Morgan fingerprint density at radius 2 is 2.08 bits per heavy atom. The van der Waals surface area contributed by atoms with Crippen LogP contribution in [0.1, 0.15) is 30.5 Å². The Morgan fingerprint density at radius 3 is 2.76 bits per heavy atom. The molecule has 3 rings (SSSR count). The second-order valence-electron chi connectivity index (χ2n) is 6.60. The summed E-state index contributed by atoms with van der Waals surface area (Å²) in [4.78, 5) is 14.7. The fourth-order valence-electron chi connectivity index (χ4n) is 3.13. The van der Waals surface area contributed by atoms with E-state index in [4.69, 9.17) is 16.3 Å². The largest absolute Gasteiger partial charge is 0.383 e. The van der Waals surface area contributed by atoms with E-state index in [-0.39, 0.29) is 11.8 Å². The maximum atomic E-state index is 12.7. The van der Waals surface area contributed by atoms with Crippen molar-refractivity contribution in [3.05, 3.63) is 58.9 Å². The number of carbonyl (C=O) groups is 1. The first-order valence-electron chi connectivity index (χ1n) is 8.84. The third-order valence-corrected chi connectivity index (χ3v) is 5.28. The summed E-state index contributed by atoms with van der Waals surface area (Å²) in [6, 6.07) is 12.0. The molecule has 1 saturated carbocycles. The van der Waals surface area contributed by atoms with Crippen molar-refractivity contribution >= 4 is 17.5 Å². The molecule has 25 heavy (non-hydrogen) atoms. The van der Waals surface area contributed by atoms with Crippen molar-refractivity contribution in [2.75, 3.05) is 20.3 Å². The van der Waals surface area contributed by atoms with Gasteiger partial charge in [0.1, 0.15) is 0 Å². The van der Waals surface area contributed by atoms with Crippen molar-refractivity contribution in [2.45, 2.75) is 32.4 Å². The third kappa shape index (κ3) is 4.44. The molecular formula is C20H25ClN2O2. The third-order valence-electron chi connectivity index (χ3n) is 4.91. The van der Waals surface area contributed by atoms with Gasteiger partial charge in [0.15, 0.2) is 0 Å². The van der Waals surface area contributed by atoms with Crippen LogP contribution in [0.5, 0.6) is 0 Å². The minimum absolute atomic E-state index is 0.198. The summed E-state index contributed by atoms with van der Waals surface area (Å²) >= 11 is 6.29. The Labute approximate surface area is 154 Å². The summed E-state index contributed by atoms with van der Waals surface area (Å²) < 4.78 is 7.36. The number of rotatable bonds is 8. The molecule has 1 aromatic heterocycles. The average Bonchev–Trinajstić information content (AvgIpc) is 2.98. The number of benzene rings is 1. The van der Waals surface area contributed by atoms with Crippen molar-refractivity contribution in [3.63, 3.8) is 0 Å². The van der Waals surface area contributed by atoms with Crippen molar-refractivity contribution in [1.29, 1.82) is 0 Å². The van der Waals surface area contributed by atoms with Gasteiger partial charge in [-0.05, 0) is 36.6 Å². The number of aromatic nitrogens is 1. The van der Waals surface area contributed by atoms with Crippen LogP contribution < -0.4 is 0 Å². The molecule has 5 heteroatoms. The van der Waals surface area contributed by atoms with Gasteiger partial charge in [0, 0.05) is 43.0 Å². The van der Waals surface area contributed by atoms with Gasteiger partial charge in [-0.15, -0.1) is 0 Å². The maximum Gasteiger partial charge on any atom is 0.226 e. The van der Waals surface area contributed by atoms with Gasteiger partial charge in [0.05, 0.1) is 13.2 Å². The number of methoxy groups -OCH3 is 1. The molecule has 0 atom stereocenters. The van der Waals surface area contributed by atoms with Gasteiger partial charge in [0.2, 0.25) is 5.91 Å². The molecule has 0 aliphatic heterocycles. The fourth-order valence-corrected chi connectivity index (χ4v) is 3.33. The van der Waals surface area contributed by atoms with E-state index >= 15 is 0 Å². The van der Waals surface area contributed by atoms with E-state index < -0.39 is 0 Å². The Balaban J connectivity index is 1.72. The molecule has 1 aliphatic carbocycles. The minimum Gasteiger partial charge on any atom is -0.383 e. The highest BCUT2D eigenvalue weighted by atomic mass is 35.5. The summed E-state index contributed by atoms with van der Waals surface area (Å²) in [6.07, 6.45) is 5.24. The standard InChI is InChI=1S/C20H25ClN2O2/c1-25-13-12-23(20(24)16-7-4-8-16)15-18-9-5-11-22(18)14-17-6-2-3-10-19(17)21/h2-3,5-6,9-11,16H,4,7-8,12-15H2,1H3. The van der Waals surface area contributed by atoms with E-state index in [1.54, 1.807) is 7.11 Å². The van der Waals surface area contributed by atoms with Crippen LogP contribution in [0.2, 0.25) is 5.02 Å². The van der Waals surface area contributed by atoms with E-state index in [2.05, 4.69) is 10.6 Å². The van der Waals surface area contributed by atoms with Crippen molar-refractivity contribution in [2.24, 2.45) is 5.92 Å². The molecule has 0 bridgehead atoms. The van der Waals surface area contributed by atoms with Gasteiger partial charge < -0.3 is 14.2 Å². The molecule has 0 N–H and O–H groups in total. The van der Waals surface area contributed by atoms with Crippen LogP contribution in [0.3, 0.4) is 0 Å². The lowest BCUT2D eigenvalue weighted by Gasteiger charge is -2.32. The molecule has 4 nitrogen and oxygen atoms in total. The second-order valence-corrected chi connectivity index (χ2v) is 7.01. The predicted octanol–water partition coefficient (Wildman–Crippen LogP) is 3.96. The minimum atomic E-state index is 0.198. The first kappa shape index (κ1) is 18.0. The van der Waals surface area contributed by atoms with Crippen molar-refractivity contribution < 1.29 is 9.53 Å². The number of hydrogen-bond acceptors (Lipinski definition) is 2. The summed E-state index contributed by atoms with van der Waals surface area (Å²) in [7, 11) is 1.67. The van der Waals surface area contributed by atoms with Gasteiger partial charge in [-0.3, -0.25) is 4.79 Å². The highest BCUT2D eigenvalue weighted by molar-refractivity contribution is 6.31. The van der Waals surface area contributed by atoms with Crippen LogP contribution in [-0.4, -0.2) is 35.6 Å². The van der Waals surface area contributed by atoms with Crippen LogP contribution in [0.15, 0.2) is 42.6 Å². The summed E-state index contributed by atoms with van der Waals surface area (Å²) in [5.41, 5.74) is 2.19. The van der Waals surface area contributed by atoms with Crippen LogP contribution in [-0.2, 0) is 22.6 Å². The topological polar surface area (TPSA) is 34.5 Å². The molecule has 0 spiro atoms. The van der Waals surface area contributed by atoms with Gasteiger partial charge in [-0.25, -0.2) is 0 Å². The molecular weight excluding hydrogens is 336 g/mol. The average molecular weight is 361 g/mol. The van der Waals surface area contributed by atoms with E-state index in [1.165, 1.54) is 0 Å². The van der Waals surface area contributed by atoms with E-state index in [0.717, 1.165) is 35.5 Å². The van der Waals surface area contributed by atoms with Gasteiger partial charge in [0.25, 0.3) is 0 Å². The second kappa shape index (κ2) is 8.54. The molecule has 0 saturated heterocycles. The summed E-state index contributed by atoms with van der Waals surface area (Å²) in [5.74, 6) is 0.456. The molecule has 0 unspecified atom stereocenters. The number of hydrogen-bond donors (Lipinski definition) is 0. The van der Waals surface area contributed by atoms with Gasteiger partial charge in [-0.1, -0.05) is 36.2 Å². The number of carbonyl (C=O) groups excluding carboxylic acids is 1. The van der Waals surface area contributed by atoms with E-state index in [1.807, 2.05) is 41.4 Å². The molecule has 134 valence electrons. The van der Waals surface area contributed by atoms with Crippen LogP contribution >= 0.6 is 11.6 Å². The SMILES string of the molecule is COCCN(Cc1cccn1Cc1ccccc1Cl)C(=O)C1CCC1. The maximum absolute atomic E-state index is 12.7. The first-order valence-corrected chi connectivity index (χ1v) is 9.22. The molecule has 0 radical (unpaired) electrons. The zero-order chi connectivity index (χ0) is 17.6. The summed E-state index contributed by atoms with van der Waals surface area (Å²) in [6.45, 7) is 2.50. The lowest BCUT2D eigenvalue weighted by Crippen LogP contribution is -2.40. The fraction of sp³-hybridized carbons (Fsp3) is 0.450. The monoisotopic (exact) mass is 360 g/mol.